The molecule has 1 fully saturated rings. The van der Waals surface area contributed by atoms with Crippen LogP contribution in [0.15, 0.2) is 23.0 Å². The molecule has 5 rings (SSSR count). The van der Waals surface area contributed by atoms with Crippen molar-refractivity contribution in [2.75, 3.05) is 24.3 Å². The number of thioether (sulfide) groups is 1. The molecule has 3 aromatic rings. The third-order valence-electron chi connectivity index (χ3n) is 5.24. The number of ether oxygens (including phenoxy) is 1. The Kier molecular flexibility index (Phi) is 4.36. The second-order valence-corrected chi connectivity index (χ2v) is 8.50. The molecule has 8 nitrogen and oxygen atoms in total. The van der Waals surface area contributed by atoms with Gasteiger partial charge in [0.05, 0.1) is 30.6 Å². The molecule has 1 N–H and O–H groups in total. The molecule has 3 aromatic heterocycles. The Morgan fingerprint density at radius 3 is 2.96 bits per heavy atom. The van der Waals surface area contributed by atoms with Crippen molar-refractivity contribution >= 4 is 23.2 Å². The van der Waals surface area contributed by atoms with Gasteiger partial charge in [0.15, 0.2) is 5.65 Å². The summed E-state index contributed by atoms with van der Waals surface area (Å²) in [4.78, 5) is 17.3. The number of hydrogen-bond acceptors (Lipinski definition) is 7. The Hall–Kier alpha value is -2.39. The van der Waals surface area contributed by atoms with Crippen LogP contribution in [0.3, 0.4) is 0 Å². The number of nitrogens with one attached hydrogen (secondary N) is 1. The lowest BCUT2D eigenvalue weighted by Crippen LogP contribution is -2.38. The minimum atomic E-state index is -0.160. The summed E-state index contributed by atoms with van der Waals surface area (Å²) in [6.07, 6.45) is 0.905. The van der Waals surface area contributed by atoms with Crippen molar-refractivity contribution in [1.29, 1.82) is 0 Å². The molecule has 0 saturated carbocycles. The first kappa shape index (κ1) is 17.7. The number of hydrogen-bond donors (Lipinski definition) is 1. The molecule has 2 atom stereocenters. The number of fused-ring (bicyclic) bond motifs is 2. The van der Waals surface area contributed by atoms with Gasteiger partial charge in [-0.05, 0) is 25.2 Å². The number of anilines is 1. The SMILES string of the molecule is Cc1cc(NC2COCC2n2nc3c(cc2=O)CSCC3)n2nc(C)cc2n1. The largest absolute Gasteiger partial charge is 0.377 e. The molecule has 0 radical (unpaired) electrons. The first-order valence-corrected chi connectivity index (χ1v) is 10.6. The normalized spacial score (nSPS) is 21.8. The lowest BCUT2D eigenvalue weighted by Gasteiger charge is -2.23. The van der Waals surface area contributed by atoms with Crippen LogP contribution in [0.1, 0.15) is 28.7 Å². The Morgan fingerprint density at radius 1 is 1.18 bits per heavy atom. The highest BCUT2D eigenvalue weighted by Gasteiger charge is 2.32. The van der Waals surface area contributed by atoms with E-state index in [1.165, 1.54) is 0 Å². The van der Waals surface area contributed by atoms with Crippen LogP contribution < -0.4 is 10.9 Å². The van der Waals surface area contributed by atoms with Crippen LogP contribution in [0, 0.1) is 13.8 Å². The van der Waals surface area contributed by atoms with Gasteiger partial charge >= 0.3 is 0 Å². The molecule has 5 heterocycles. The summed E-state index contributed by atoms with van der Waals surface area (Å²) >= 11 is 1.85. The Balaban J connectivity index is 1.49. The van der Waals surface area contributed by atoms with Crippen molar-refractivity contribution < 1.29 is 4.74 Å². The van der Waals surface area contributed by atoms with Gasteiger partial charge in [-0.3, -0.25) is 4.79 Å². The molecule has 146 valence electrons. The van der Waals surface area contributed by atoms with E-state index in [0.29, 0.717) is 13.2 Å². The zero-order chi connectivity index (χ0) is 19.3. The molecule has 0 bridgehead atoms. The fraction of sp³-hybridized carbons (Fsp3) is 0.474. The van der Waals surface area contributed by atoms with Crippen LogP contribution in [-0.4, -0.2) is 49.4 Å². The van der Waals surface area contributed by atoms with E-state index in [0.717, 1.165) is 52.0 Å². The van der Waals surface area contributed by atoms with E-state index < -0.39 is 0 Å². The first-order chi connectivity index (χ1) is 13.6. The maximum Gasteiger partial charge on any atom is 0.267 e. The lowest BCUT2D eigenvalue weighted by molar-refractivity contribution is 0.182. The summed E-state index contributed by atoms with van der Waals surface area (Å²) in [5.74, 6) is 2.76. The molecule has 0 aliphatic carbocycles. The van der Waals surface area contributed by atoms with E-state index in [9.17, 15) is 4.79 Å². The predicted octanol–water partition coefficient (Wildman–Crippen LogP) is 1.74. The molecule has 9 heteroatoms. The fourth-order valence-electron chi connectivity index (χ4n) is 3.90. The highest BCUT2D eigenvalue weighted by atomic mass is 32.2. The second kappa shape index (κ2) is 6.89. The van der Waals surface area contributed by atoms with E-state index in [1.54, 1.807) is 15.3 Å². The molecule has 2 aliphatic heterocycles. The molecular weight excluding hydrogens is 376 g/mol. The van der Waals surface area contributed by atoms with E-state index in [2.05, 4.69) is 15.4 Å². The molecule has 0 spiro atoms. The van der Waals surface area contributed by atoms with Crippen LogP contribution >= 0.6 is 11.8 Å². The van der Waals surface area contributed by atoms with Gasteiger partial charge in [0.1, 0.15) is 11.9 Å². The maximum atomic E-state index is 12.7. The predicted molar refractivity (Wildman–Crippen MR) is 108 cm³/mol. The summed E-state index contributed by atoms with van der Waals surface area (Å²) in [5.41, 5.74) is 4.66. The first-order valence-electron chi connectivity index (χ1n) is 9.46. The molecule has 28 heavy (non-hydrogen) atoms. The smallest absolute Gasteiger partial charge is 0.267 e. The van der Waals surface area contributed by atoms with Crippen LogP contribution in [0.4, 0.5) is 5.82 Å². The third kappa shape index (κ3) is 3.08. The lowest BCUT2D eigenvalue weighted by atomic mass is 10.1. The average Bonchev–Trinajstić information content (AvgIpc) is 3.27. The second-order valence-electron chi connectivity index (χ2n) is 7.40. The van der Waals surface area contributed by atoms with Crippen molar-refractivity contribution in [3.8, 4) is 0 Å². The molecule has 0 aromatic carbocycles. The Bertz CT molecular complexity index is 1110. The Labute approximate surface area is 166 Å². The van der Waals surface area contributed by atoms with Crippen LogP contribution in [0.2, 0.25) is 0 Å². The van der Waals surface area contributed by atoms with Gasteiger partial charge < -0.3 is 10.1 Å². The van der Waals surface area contributed by atoms with Crippen molar-refractivity contribution in [1.82, 2.24) is 24.4 Å². The maximum absolute atomic E-state index is 12.7. The van der Waals surface area contributed by atoms with E-state index in [1.807, 2.05) is 37.7 Å². The number of aryl methyl sites for hydroxylation is 3. The van der Waals surface area contributed by atoms with Crippen LogP contribution in [0.5, 0.6) is 0 Å². The highest BCUT2D eigenvalue weighted by Crippen LogP contribution is 2.25. The third-order valence-corrected chi connectivity index (χ3v) is 6.25. The number of nitrogens with zero attached hydrogens (tertiary/aromatic N) is 5. The molecule has 2 aliphatic rings. The van der Waals surface area contributed by atoms with Gasteiger partial charge in [-0.15, -0.1) is 0 Å². The summed E-state index contributed by atoms with van der Waals surface area (Å²) in [7, 11) is 0. The van der Waals surface area contributed by atoms with Crippen molar-refractivity contribution in [2.24, 2.45) is 0 Å². The average molecular weight is 398 g/mol. The highest BCUT2D eigenvalue weighted by molar-refractivity contribution is 7.98. The molecular formula is C19H22N6O2S. The summed E-state index contributed by atoms with van der Waals surface area (Å²) in [6.45, 7) is 4.88. The zero-order valence-corrected chi connectivity index (χ0v) is 16.7. The molecule has 1 saturated heterocycles. The number of rotatable bonds is 3. The van der Waals surface area contributed by atoms with Gasteiger partial charge in [0.2, 0.25) is 0 Å². The van der Waals surface area contributed by atoms with E-state index in [-0.39, 0.29) is 17.6 Å². The molecule has 2 unspecified atom stereocenters. The quantitative estimate of drug-likeness (QED) is 0.719. The van der Waals surface area contributed by atoms with Gasteiger partial charge in [-0.1, -0.05) is 0 Å². The summed E-state index contributed by atoms with van der Waals surface area (Å²) < 4.78 is 9.15. The topological polar surface area (TPSA) is 86.3 Å². The monoisotopic (exact) mass is 398 g/mol. The summed E-state index contributed by atoms with van der Waals surface area (Å²) in [5, 5.41) is 12.8. The van der Waals surface area contributed by atoms with Crippen molar-refractivity contribution in [3.63, 3.8) is 0 Å². The van der Waals surface area contributed by atoms with Crippen LogP contribution in [0.25, 0.3) is 5.65 Å². The fourth-order valence-corrected chi connectivity index (χ4v) is 4.85. The van der Waals surface area contributed by atoms with Gasteiger partial charge in [-0.2, -0.15) is 26.5 Å². The van der Waals surface area contributed by atoms with E-state index >= 15 is 0 Å². The minimum absolute atomic E-state index is 0.0606. The number of aromatic nitrogens is 5. The standard InChI is InChI=1S/C19H22N6O2S/c1-11-5-18(25-17(20-11)6-12(2)22-25)21-15-8-27-9-16(15)24-19(26)7-13-10-28-4-3-14(13)23-24/h5-7,15-16,21H,3-4,8-10H2,1-2H3. The summed E-state index contributed by atoms with van der Waals surface area (Å²) in [6, 6.07) is 5.43. The van der Waals surface area contributed by atoms with E-state index in [4.69, 9.17) is 9.84 Å². The zero-order valence-electron chi connectivity index (χ0n) is 15.9. The van der Waals surface area contributed by atoms with Crippen molar-refractivity contribution in [2.45, 2.75) is 38.1 Å². The van der Waals surface area contributed by atoms with Gasteiger partial charge in [0.25, 0.3) is 5.56 Å². The van der Waals surface area contributed by atoms with Gasteiger partial charge in [0, 0.05) is 36.1 Å². The van der Waals surface area contributed by atoms with Gasteiger partial charge in [-0.25, -0.2) is 9.67 Å². The molecule has 0 amide bonds. The van der Waals surface area contributed by atoms with Crippen molar-refractivity contribution in [3.05, 3.63) is 51.2 Å². The van der Waals surface area contributed by atoms with Crippen LogP contribution in [-0.2, 0) is 16.9 Å². The minimum Gasteiger partial charge on any atom is -0.377 e. The Morgan fingerprint density at radius 2 is 2.07 bits per heavy atom.